The van der Waals surface area contributed by atoms with Crippen LogP contribution in [0.25, 0.3) is 0 Å². The van der Waals surface area contributed by atoms with Crippen molar-refractivity contribution in [2.24, 2.45) is 0 Å². The molecule has 0 radical (unpaired) electrons. The smallest absolute Gasteiger partial charge is 0.410 e. The predicted molar refractivity (Wildman–Crippen MR) is 108 cm³/mol. The zero-order valence-corrected chi connectivity index (χ0v) is 17.4. The van der Waals surface area contributed by atoms with E-state index >= 15 is 0 Å². The topological polar surface area (TPSA) is 68.3 Å². The van der Waals surface area contributed by atoms with Gasteiger partial charge in [0.1, 0.15) is 11.4 Å². The van der Waals surface area contributed by atoms with Crippen molar-refractivity contribution in [1.82, 2.24) is 4.90 Å². The number of benzene rings is 1. The normalized spacial score (nSPS) is 14.6. The summed E-state index contributed by atoms with van der Waals surface area (Å²) in [6, 6.07) is 7.85. The average Bonchev–Trinajstić information content (AvgIpc) is 2.64. The maximum atomic E-state index is 12.2. The quantitative estimate of drug-likeness (QED) is 0.523. The van der Waals surface area contributed by atoms with Crippen molar-refractivity contribution >= 4 is 17.7 Å². The van der Waals surface area contributed by atoms with E-state index in [1.807, 2.05) is 45.0 Å². The Morgan fingerprint density at radius 3 is 2.39 bits per heavy atom. The fourth-order valence-corrected chi connectivity index (χ4v) is 2.93. The number of piperazine rings is 1. The molecule has 1 heterocycles. The first-order valence-corrected chi connectivity index (χ1v) is 9.90. The summed E-state index contributed by atoms with van der Waals surface area (Å²) >= 11 is 0. The maximum absolute atomic E-state index is 12.2. The van der Waals surface area contributed by atoms with Crippen LogP contribution in [0.15, 0.2) is 24.3 Å². The van der Waals surface area contributed by atoms with Gasteiger partial charge in [-0.2, -0.15) is 0 Å². The standard InChI is InChI=1S/C21H32N2O5/c1-5-26-19(24)11-8-16-27-18-10-7-6-9-17(18)22-12-14-23(15-13-22)20(25)28-21(2,3)4/h6-7,9-10H,5,8,11-16H2,1-4H3. The third-order valence-electron chi connectivity index (χ3n) is 4.23. The minimum absolute atomic E-state index is 0.197. The fourth-order valence-electron chi connectivity index (χ4n) is 2.93. The van der Waals surface area contributed by atoms with Crippen molar-refractivity contribution in [2.75, 3.05) is 44.3 Å². The predicted octanol–water partition coefficient (Wildman–Crippen LogP) is 3.47. The van der Waals surface area contributed by atoms with Gasteiger partial charge >= 0.3 is 12.1 Å². The SMILES string of the molecule is CCOC(=O)CCCOc1ccccc1N1CCN(C(=O)OC(C)(C)C)CC1. The summed E-state index contributed by atoms with van der Waals surface area (Å²) in [5.41, 5.74) is 0.514. The van der Waals surface area contributed by atoms with Crippen molar-refractivity contribution in [1.29, 1.82) is 0 Å². The molecule has 0 N–H and O–H groups in total. The number of anilines is 1. The third kappa shape index (κ3) is 6.94. The lowest BCUT2D eigenvalue weighted by Crippen LogP contribution is -2.50. The van der Waals surface area contributed by atoms with E-state index < -0.39 is 5.60 Å². The summed E-state index contributed by atoms with van der Waals surface area (Å²) in [6.45, 7) is 10.9. The highest BCUT2D eigenvalue weighted by Crippen LogP contribution is 2.29. The van der Waals surface area contributed by atoms with Crippen LogP contribution in [-0.4, -0.2) is 62.0 Å². The molecule has 0 unspecified atom stereocenters. The van der Waals surface area contributed by atoms with E-state index in [1.165, 1.54) is 0 Å². The molecule has 0 aliphatic carbocycles. The molecule has 1 aliphatic rings. The molecule has 0 atom stereocenters. The molecule has 0 aromatic heterocycles. The lowest BCUT2D eigenvalue weighted by atomic mass is 10.2. The van der Waals surface area contributed by atoms with E-state index in [0.717, 1.165) is 11.4 Å². The van der Waals surface area contributed by atoms with Crippen molar-refractivity contribution in [3.05, 3.63) is 24.3 Å². The van der Waals surface area contributed by atoms with Gasteiger partial charge in [0.05, 0.1) is 18.9 Å². The van der Waals surface area contributed by atoms with Crippen LogP contribution in [-0.2, 0) is 14.3 Å². The van der Waals surface area contributed by atoms with Crippen LogP contribution >= 0.6 is 0 Å². The van der Waals surface area contributed by atoms with Gasteiger partial charge in [0.15, 0.2) is 0 Å². The molecule has 1 aliphatic heterocycles. The second kappa shape index (κ2) is 10.2. The van der Waals surface area contributed by atoms with Crippen molar-refractivity contribution in [3.63, 3.8) is 0 Å². The molecule has 1 aromatic rings. The zero-order valence-electron chi connectivity index (χ0n) is 17.4. The van der Waals surface area contributed by atoms with Gasteiger partial charge in [-0.3, -0.25) is 4.79 Å². The van der Waals surface area contributed by atoms with Gasteiger partial charge in [-0.05, 0) is 46.2 Å². The molecular weight excluding hydrogens is 360 g/mol. The number of carbonyl (C=O) groups is 2. The van der Waals surface area contributed by atoms with E-state index in [0.29, 0.717) is 52.2 Å². The minimum atomic E-state index is -0.488. The van der Waals surface area contributed by atoms with Gasteiger partial charge in [0.2, 0.25) is 0 Å². The molecule has 2 rings (SSSR count). The van der Waals surface area contributed by atoms with Crippen molar-refractivity contribution in [2.45, 2.75) is 46.1 Å². The number of carbonyl (C=O) groups excluding carboxylic acids is 2. The molecule has 1 aromatic carbocycles. The molecule has 1 saturated heterocycles. The zero-order chi connectivity index (χ0) is 20.6. The first-order chi connectivity index (χ1) is 13.3. The Hall–Kier alpha value is -2.44. The largest absolute Gasteiger partial charge is 0.491 e. The van der Waals surface area contributed by atoms with Crippen LogP contribution in [0.4, 0.5) is 10.5 Å². The van der Waals surface area contributed by atoms with E-state index in [2.05, 4.69) is 4.90 Å². The monoisotopic (exact) mass is 392 g/mol. The highest BCUT2D eigenvalue weighted by Gasteiger charge is 2.26. The summed E-state index contributed by atoms with van der Waals surface area (Å²) in [4.78, 5) is 27.6. The Labute approximate surface area is 167 Å². The van der Waals surface area contributed by atoms with Crippen LogP contribution in [0.5, 0.6) is 5.75 Å². The maximum Gasteiger partial charge on any atom is 0.410 e. The molecule has 0 spiro atoms. The second-order valence-corrected chi connectivity index (χ2v) is 7.68. The minimum Gasteiger partial charge on any atom is -0.491 e. The average molecular weight is 392 g/mol. The lowest BCUT2D eigenvalue weighted by Gasteiger charge is -2.37. The summed E-state index contributed by atoms with van der Waals surface area (Å²) in [5.74, 6) is 0.592. The van der Waals surface area contributed by atoms with Crippen LogP contribution in [0.2, 0.25) is 0 Å². The number of amides is 1. The van der Waals surface area contributed by atoms with Gasteiger partial charge in [-0.25, -0.2) is 4.79 Å². The van der Waals surface area contributed by atoms with Gasteiger partial charge in [0.25, 0.3) is 0 Å². The lowest BCUT2D eigenvalue weighted by molar-refractivity contribution is -0.143. The van der Waals surface area contributed by atoms with Crippen molar-refractivity contribution in [3.8, 4) is 5.75 Å². The molecule has 7 nitrogen and oxygen atoms in total. The van der Waals surface area contributed by atoms with Crippen LogP contribution in [0, 0.1) is 0 Å². The first kappa shape index (κ1) is 21.9. The second-order valence-electron chi connectivity index (χ2n) is 7.68. The number of nitrogens with zero attached hydrogens (tertiary/aromatic N) is 2. The molecule has 0 bridgehead atoms. The summed E-state index contributed by atoms with van der Waals surface area (Å²) < 4.78 is 16.3. The number of ether oxygens (including phenoxy) is 3. The molecular formula is C21H32N2O5. The van der Waals surface area contributed by atoms with Crippen LogP contribution in [0.1, 0.15) is 40.5 Å². The molecule has 7 heteroatoms. The highest BCUT2D eigenvalue weighted by molar-refractivity contribution is 5.69. The van der Waals surface area contributed by atoms with Gasteiger partial charge in [-0.15, -0.1) is 0 Å². The van der Waals surface area contributed by atoms with E-state index in [9.17, 15) is 9.59 Å². The van der Waals surface area contributed by atoms with E-state index in [1.54, 1.807) is 11.8 Å². The van der Waals surface area contributed by atoms with E-state index in [4.69, 9.17) is 14.2 Å². The summed E-state index contributed by atoms with van der Waals surface area (Å²) in [5, 5.41) is 0. The molecule has 1 amide bonds. The van der Waals surface area contributed by atoms with Gasteiger partial charge < -0.3 is 24.0 Å². The Bertz CT molecular complexity index is 648. The van der Waals surface area contributed by atoms with Gasteiger partial charge in [-0.1, -0.05) is 12.1 Å². The molecule has 28 heavy (non-hydrogen) atoms. The summed E-state index contributed by atoms with van der Waals surface area (Å²) in [6.07, 6.45) is 0.695. The first-order valence-electron chi connectivity index (χ1n) is 9.90. The third-order valence-corrected chi connectivity index (χ3v) is 4.23. The highest BCUT2D eigenvalue weighted by atomic mass is 16.6. The Balaban J connectivity index is 1.86. The van der Waals surface area contributed by atoms with Crippen LogP contribution < -0.4 is 9.64 Å². The Morgan fingerprint density at radius 2 is 1.75 bits per heavy atom. The molecule has 1 fully saturated rings. The fraction of sp³-hybridized carbons (Fsp3) is 0.619. The van der Waals surface area contributed by atoms with Crippen molar-refractivity contribution < 1.29 is 23.8 Å². The van der Waals surface area contributed by atoms with Gasteiger partial charge in [0, 0.05) is 32.6 Å². The number of hydrogen-bond acceptors (Lipinski definition) is 6. The van der Waals surface area contributed by atoms with Crippen LogP contribution in [0.3, 0.4) is 0 Å². The Kier molecular flexibility index (Phi) is 7.96. The van der Waals surface area contributed by atoms with E-state index in [-0.39, 0.29) is 12.1 Å². The molecule has 0 saturated carbocycles. The number of para-hydroxylation sites is 2. The number of rotatable bonds is 7. The number of esters is 1. The summed E-state index contributed by atoms with van der Waals surface area (Å²) in [7, 11) is 0. The number of hydrogen-bond donors (Lipinski definition) is 0. The molecule has 156 valence electrons. The Morgan fingerprint density at radius 1 is 1.07 bits per heavy atom.